The molecule has 1 heterocycles. The molecule has 0 fully saturated rings. The minimum absolute atomic E-state index is 0.0137. The van der Waals surface area contributed by atoms with Crippen molar-refractivity contribution in [3.63, 3.8) is 0 Å². The lowest BCUT2D eigenvalue weighted by molar-refractivity contribution is -0.113. The van der Waals surface area contributed by atoms with Crippen LogP contribution in [-0.2, 0) is 14.6 Å². The normalized spacial score (nSPS) is 22.5. The van der Waals surface area contributed by atoms with E-state index in [4.69, 9.17) is 0 Å². The van der Waals surface area contributed by atoms with E-state index in [1.54, 1.807) is 0 Å². The van der Waals surface area contributed by atoms with E-state index in [0.717, 1.165) is 5.41 Å². The van der Waals surface area contributed by atoms with Gasteiger partial charge >= 0.3 is 0 Å². The molecule has 0 radical (unpaired) electrons. The molecule has 0 atom stereocenters. The van der Waals surface area contributed by atoms with Crippen molar-refractivity contribution in [2.45, 2.75) is 13.8 Å². The standard InChI is InChI=1S/C7H10O3S/c1-5(2)6-3-11(9,10)4-7(6)8/h3,5H,4H2,1-2H3. The second-order valence-electron chi connectivity index (χ2n) is 2.96. The van der Waals surface area contributed by atoms with Crippen LogP contribution in [0.15, 0.2) is 11.0 Å². The van der Waals surface area contributed by atoms with Crippen molar-refractivity contribution in [1.82, 2.24) is 0 Å². The summed E-state index contributed by atoms with van der Waals surface area (Å²) in [7, 11) is -3.20. The molecule has 3 nitrogen and oxygen atoms in total. The van der Waals surface area contributed by atoms with E-state index in [1.165, 1.54) is 0 Å². The molecule has 1 rings (SSSR count). The molecule has 0 unspecified atom stereocenters. The van der Waals surface area contributed by atoms with Crippen LogP contribution in [0.1, 0.15) is 13.8 Å². The van der Waals surface area contributed by atoms with Gasteiger partial charge in [0.05, 0.1) is 0 Å². The van der Waals surface area contributed by atoms with Gasteiger partial charge in [0.25, 0.3) is 0 Å². The molecule has 4 heteroatoms. The van der Waals surface area contributed by atoms with Crippen LogP contribution in [0.2, 0.25) is 0 Å². The Hall–Kier alpha value is -0.640. The average molecular weight is 174 g/mol. The number of Topliss-reactive ketones (excluding diaryl/α,β-unsaturated/α-hetero) is 1. The first-order valence-corrected chi connectivity index (χ1v) is 5.11. The first-order chi connectivity index (χ1) is 4.92. The van der Waals surface area contributed by atoms with Gasteiger partial charge in [-0.25, -0.2) is 8.42 Å². The molecular formula is C7H10O3S. The summed E-state index contributed by atoms with van der Waals surface area (Å²) in [6.45, 7) is 3.62. The maximum Gasteiger partial charge on any atom is 0.179 e. The van der Waals surface area contributed by atoms with Crippen LogP contribution in [0.25, 0.3) is 0 Å². The zero-order valence-corrected chi connectivity index (χ0v) is 7.31. The van der Waals surface area contributed by atoms with Crippen LogP contribution < -0.4 is 0 Å². The van der Waals surface area contributed by atoms with E-state index in [2.05, 4.69) is 0 Å². The SMILES string of the molecule is CC(C)C1=CS(=O)(=O)CC1=O. The summed E-state index contributed by atoms with van der Waals surface area (Å²) in [4.78, 5) is 11.0. The predicted molar refractivity (Wildman–Crippen MR) is 41.7 cm³/mol. The Kier molecular flexibility index (Phi) is 1.88. The van der Waals surface area contributed by atoms with Crippen LogP contribution in [0.4, 0.5) is 0 Å². The lowest BCUT2D eigenvalue weighted by atomic mass is 10.0. The highest BCUT2D eigenvalue weighted by Crippen LogP contribution is 2.19. The highest BCUT2D eigenvalue weighted by atomic mass is 32.2. The van der Waals surface area contributed by atoms with Gasteiger partial charge in [0.15, 0.2) is 15.6 Å². The average Bonchev–Trinajstić information content (AvgIpc) is 2.05. The van der Waals surface area contributed by atoms with E-state index < -0.39 is 9.84 Å². The number of ketones is 1. The van der Waals surface area contributed by atoms with Gasteiger partial charge in [-0.1, -0.05) is 13.8 Å². The summed E-state index contributed by atoms with van der Waals surface area (Å²) in [5.74, 6) is -0.569. The summed E-state index contributed by atoms with van der Waals surface area (Å²) < 4.78 is 21.7. The lowest BCUT2D eigenvalue weighted by Crippen LogP contribution is -2.08. The molecule has 0 spiro atoms. The number of rotatable bonds is 1. The van der Waals surface area contributed by atoms with Crippen molar-refractivity contribution in [3.8, 4) is 0 Å². The predicted octanol–water partition coefficient (Wildman–Crippen LogP) is 0.524. The van der Waals surface area contributed by atoms with Gasteiger partial charge in [0.2, 0.25) is 0 Å². The molecule has 0 aromatic carbocycles. The zero-order valence-electron chi connectivity index (χ0n) is 6.49. The minimum atomic E-state index is -3.20. The van der Waals surface area contributed by atoms with Gasteiger partial charge in [-0.15, -0.1) is 0 Å². The lowest BCUT2D eigenvalue weighted by Gasteiger charge is -2.00. The number of carbonyl (C=O) groups excluding carboxylic acids is 1. The quantitative estimate of drug-likeness (QED) is 0.582. The van der Waals surface area contributed by atoms with Crippen LogP contribution in [0, 0.1) is 5.92 Å². The van der Waals surface area contributed by atoms with Crippen LogP contribution in [0.5, 0.6) is 0 Å². The maximum atomic E-state index is 11.0. The van der Waals surface area contributed by atoms with Crippen molar-refractivity contribution in [3.05, 3.63) is 11.0 Å². The van der Waals surface area contributed by atoms with Gasteiger partial charge in [0, 0.05) is 11.0 Å². The largest absolute Gasteiger partial charge is 0.293 e. The summed E-state index contributed by atoms with van der Waals surface area (Å²) >= 11 is 0. The smallest absolute Gasteiger partial charge is 0.179 e. The topological polar surface area (TPSA) is 51.2 Å². The van der Waals surface area contributed by atoms with Crippen molar-refractivity contribution in [2.75, 3.05) is 5.75 Å². The van der Waals surface area contributed by atoms with E-state index in [-0.39, 0.29) is 17.5 Å². The number of hydrogen-bond donors (Lipinski definition) is 0. The molecule has 0 aliphatic carbocycles. The van der Waals surface area contributed by atoms with E-state index in [9.17, 15) is 13.2 Å². The molecule has 1 aliphatic heterocycles. The molecule has 11 heavy (non-hydrogen) atoms. The Morgan fingerprint density at radius 2 is 2.00 bits per heavy atom. The highest BCUT2D eigenvalue weighted by Gasteiger charge is 2.28. The van der Waals surface area contributed by atoms with E-state index in [0.29, 0.717) is 5.57 Å². The molecule has 1 aliphatic rings. The Morgan fingerprint density at radius 3 is 2.18 bits per heavy atom. The summed E-state index contributed by atoms with van der Waals surface area (Å²) in [5.41, 5.74) is 0.435. The molecule has 0 N–H and O–H groups in total. The van der Waals surface area contributed by atoms with Crippen molar-refractivity contribution >= 4 is 15.6 Å². The fourth-order valence-electron chi connectivity index (χ4n) is 1.02. The highest BCUT2D eigenvalue weighted by molar-refractivity contribution is 7.95. The number of hydrogen-bond acceptors (Lipinski definition) is 3. The van der Waals surface area contributed by atoms with Crippen molar-refractivity contribution < 1.29 is 13.2 Å². The summed E-state index contributed by atoms with van der Waals surface area (Å²) in [6, 6.07) is 0. The molecule has 0 aromatic rings. The fraction of sp³-hybridized carbons (Fsp3) is 0.571. The van der Waals surface area contributed by atoms with Gasteiger partial charge in [-0.3, -0.25) is 4.79 Å². The second-order valence-corrected chi connectivity index (χ2v) is 4.81. The third-order valence-electron chi connectivity index (χ3n) is 1.58. The Balaban J connectivity index is 3.08. The first-order valence-electron chi connectivity index (χ1n) is 3.40. The summed E-state index contributed by atoms with van der Waals surface area (Å²) in [5, 5.41) is 1.10. The molecule has 0 aromatic heterocycles. The first kappa shape index (κ1) is 8.46. The Morgan fingerprint density at radius 1 is 1.45 bits per heavy atom. The Labute approximate surface area is 66.0 Å². The van der Waals surface area contributed by atoms with E-state index >= 15 is 0 Å². The third kappa shape index (κ3) is 1.68. The molecule has 0 saturated carbocycles. The third-order valence-corrected chi connectivity index (χ3v) is 2.86. The molecular weight excluding hydrogens is 164 g/mol. The Bertz CT molecular complexity index is 309. The van der Waals surface area contributed by atoms with Crippen LogP contribution >= 0.6 is 0 Å². The van der Waals surface area contributed by atoms with Crippen LogP contribution in [-0.4, -0.2) is 20.0 Å². The maximum absolute atomic E-state index is 11.0. The fourth-order valence-corrected chi connectivity index (χ4v) is 2.43. The van der Waals surface area contributed by atoms with E-state index in [1.807, 2.05) is 13.8 Å². The molecule has 0 amide bonds. The van der Waals surface area contributed by atoms with Crippen molar-refractivity contribution in [1.29, 1.82) is 0 Å². The molecule has 0 bridgehead atoms. The second kappa shape index (κ2) is 2.44. The minimum Gasteiger partial charge on any atom is -0.293 e. The van der Waals surface area contributed by atoms with Gasteiger partial charge in [-0.05, 0) is 5.92 Å². The number of carbonyl (C=O) groups is 1. The molecule has 0 saturated heterocycles. The number of allylic oxidation sites excluding steroid dienone is 1. The zero-order chi connectivity index (χ0) is 8.65. The van der Waals surface area contributed by atoms with Gasteiger partial charge in [0.1, 0.15) is 5.75 Å². The monoisotopic (exact) mass is 174 g/mol. The van der Waals surface area contributed by atoms with Gasteiger partial charge < -0.3 is 0 Å². The number of sulfone groups is 1. The summed E-state index contributed by atoms with van der Waals surface area (Å²) in [6.07, 6.45) is 0. The van der Waals surface area contributed by atoms with Gasteiger partial charge in [-0.2, -0.15) is 0 Å². The van der Waals surface area contributed by atoms with Crippen LogP contribution in [0.3, 0.4) is 0 Å². The van der Waals surface area contributed by atoms with Crippen molar-refractivity contribution in [2.24, 2.45) is 5.92 Å². The molecule has 62 valence electrons.